The van der Waals surface area contributed by atoms with Crippen LogP contribution in [0.4, 0.5) is 5.69 Å². The third-order valence-corrected chi connectivity index (χ3v) is 6.72. The van der Waals surface area contributed by atoms with Crippen LogP contribution in [-0.4, -0.2) is 25.5 Å². The van der Waals surface area contributed by atoms with E-state index in [0.29, 0.717) is 6.54 Å². The highest BCUT2D eigenvalue weighted by Gasteiger charge is 2.13. The van der Waals surface area contributed by atoms with Gasteiger partial charge in [0.25, 0.3) is 0 Å². The Bertz CT molecular complexity index is 1010. The quantitative estimate of drug-likeness (QED) is 0.566. The summed E-state index contributed by atoms with van der Waals surface area (Å²) in [5.41, 5.74) is 5.69. The zero-order valence-electron chi connectivity index (χ0n) is 15.7. The number of hydrogen-bond acceptors (Lipinski definition) is 3. The Morgan fingerprint density at radius 2 is 1.59 bits per heavy atom. The summed E-state index contributed by atoms with van der Waals surface area (Å²) in [7, 11) is 0. The number of carbonyl (C=O) groups excluding carboxylic acids is 1. The molecule has 27 heavy (non-hydrogen) atoms. The summed E-state index contributed by atoms with van der Waals surface area (Å²) in [4.78, 5) is 12.4. The second-order valence-electron chi connectivity index (χ2n) is 6.53. The van der Waals surface area contributed by atoms with Crippen LogP contribution in [0.25, 0.3) is 0 Å². The number of halogens is 2. The molecule has 0 aliphatic rings. The van der Waals surface area contributed by atoms with Gasteiger partial charge in [-0.2, -0.15) is 10.2 Å². The van der Waals surface area contributed by atoms with Crippen LogP contribution in [0.5, 0.6) is 0 Å². The summed E-state index contributed by atoms with van der Waals surface area (Å²) in [6.07, 6.45) is 0. The number of rotatable bonds is 5. The number of nitrogens with zero attached hydrogens (tertiary/aromatic N) is 4. The molecule has 0 bridgehead atoms. The summed E-state index contributed by atoms with van der Waals surface area (Å²) < 4.78 is 5.62. The highest BCUT2D eigenvalue weighted by molar-refractivity contribution is 9.10. The van der Waals surface area contributed by atoms with Crippen LogP contribution in [-0.2, 0) is 17.9 Å². The molecule has 142 valence electrons. The van der Waals surface area contributed by atoms with Crippen molar-refractivity contribution in [1.29, 1.82) is 0 Å². The van der Waals surface area contributed by atoms with Crippen LogP contribution in [0.1, 0.15) is 28.3 Å². The number of aromatic nitrogens is 4. The summed E-state index contributed by atoms with van der Waals surface area (Å²) in [6, 6.07) is 7.82. The van der Waals surface area contributed by atoms with Crippen molar-refractivity contribution in [2.24, 2.45) is 0 Å². The van der Waals surface area contributed by atoms with Crippen molar-refractivity contribution < 1.29 is 4.79 Å². The summed E-state index contributed by atoms with van der Waals surface area (Å²) in [6.45, 7) is 8.67. The van der Waals surface area contributed by atoms with E-state index in [-0.39, 0.29) is 12.5 Å². The fourth-order valence-electron chi connectivity index (χ4n) is 2.91. The first kappa shape index (κ1) is 19.8. The fourth-order valence-corrected chi connectivity index (χ4v) is 3.48. The third kappa shape index (κ3) is 4.32. The maximum atomic E-state index is 12.4. The largest absolute Gasteiger partial charge is 0.324 e. The van der Waals surface area contributed by atoms with Gasteiger partial charge >= 0.3 is 0 Å². The van der Waals surface area contributed by atoms with Crippen molar-refractivity contribution in [2.45, 2.75) is 40.8 Å². The Morgan fingerprint density at radius 3 is 2.15 bits per heavy atom. The SMILES string of the molecule is Cc1nn(CC(=O)Nc2cccc(Cn3nc(C)c(Br)c3C)c2)c(C)c1Br. The molecule has 8 heteroatoms. The van der Waals surface area contributed by atoms with E-state index in [1.807, 2.05) is 56.6 Å². The van der Waals surface area contributed by atoms with Gasteiger partial charge in [0.15, 0.2) is 0 Å². The van der Waals surface area contributed by atoms with Crippen LogP contribution in [0.2, 0.25) is 0 Å². The average Bonchev–Trinajstić information content (AvgIpc) is 3.00. The predicted octanol–water partition coefficient (Wildman–Crippen LogP) is 4.53. The highest BCUT2D eigenvalue weighted by Crippen LogP contribution is 2.22. The van der Waals surface area contributed by atoms with E-state index in [2.05, 4.69) is 47.4 Å². The molecular weight excluding hydrogens is 474 g/mol. The van der Waals surface area contributed by atoms with Crippen LogP contribution in [0, 0.1) is 27.7 Å². The molecule has 0 saturated heterocycles. The van der Waals surface area contributed by atoms with Crippen molar-refractivity contribution in [3.05, 3.63) is 61.6 Å². The first-order valence-electron chi connectivity index (χ1n) is 8.54. The number of hydrogen-bond donors (Lipinski definition) is 1. The van der Waals surface area contributed by atoms with E-state index in [9.17, 15) is 4.79 Å². The maximum absolute atomic E-state index is 12.4. The lowest BCUT2D eigenvalue weighted by molar-refractivity contribution is -0.116. The average molecular weight is 495 g/mol. The molecule has 1 amide bonds. The molecular formula is C19H21Br2N5O. The molecule has 3 rings (SSSR count). The molecule has 3 aromatic rings. The normalized spacial score (nSPS) is 11.0. The smallest absolute Gasteiger partial charge is 0.246 e. The van der Waals surface area contributed by atoms with Gasteiger partial charge in [-0.05, 0) is 77.3 Å². The molecule has 1 aromatic carbocycles. The maximum Gasteiger partial charge on any atom is 0.246 e. The predicted molar refractivity (Wildman–Crippen MR) is 113 cm³/mol. The molecule has 0 radical (unpaired) electrons. The molecule has 0 spiro atoms. The van der Waals surface area contributed by atoms with E-state index in [4.69, 9.17) is 0 Å². The van der Waals surface area contributed by atoms with Gasteiger partial charge in [-0.25, -0.2) is 0 Å². The lowest BCUT2D eigenvalue weighted by Crippen LogP contribution is -2.20. The lowest BCUT2D eigenvalue weighted by Gasteiger charge is -2.10. The second-order valence-corrected chi connectivity index (χ2v) is 8.12. The van der Waals surface area contributed by atoms with Crippen molar-refractivity contribution in [1.82, 2.24) is 19.6 Å². The zero-order chi connectivity index (χ0) is 19.7. The van der Waals surface area contributed by atoms with E-state index in [1.165, 1.54) is 0 Å². The van der Waals surface area contributed by atoms with Crippen LogP contribution in [0.15, 0.2) is 33.2 Å². The molecule has 1 N–H and O–H groups in total. The second kappa shape index (κ2) is 7.98. The molecule has 2 aromatic heterocycles. The minimum Gasteiger partial charge on any atom is -0.324 e. The summed E-state index contributed by atoms with van der Waals surface area (Å²) in [5, 5.41) is 11.9. The zero-order valence-corrected chi connectivity index (χ0v) is 18.8. The van der Waals surface area contributed by atoms with Crippen molar-refractivity contribution >= 4 is 43.5 Å². The first-order chi connectivity index (χ1) is 12.8. The highest BCUT2D eigenvalue weighted by atomic mass is 79.9. The molecule has 0 aliphatic heterocycles. The number of amides is 1. The number of carbonyl (C=O) groups is 1. The standard InChI is InChI=1S/C19H21Br2N5O/c1-11-18(20)13(3)25(23-11)9-15-6-5-7-16(8-15)22-17(27)10-26-14(4)19(21)12(2)24-26/h5-8H,9-10H2,1-4H3,(H,22,27). The molecule has 0 fully saturated rings. The van der Waals surface area contributed by atoms with Gasteiger partial charge in [0.2, 0.25) is 5.91 Å². The van der Waals surface area contributed by atoms with Crippen LogP contribution in [0.3, 0.4) is 0 Å². The van der Waals surface area contributed by atoms with Crippen molar-refractivity contribution in [3.63, 3.8) is 0 Å². The van der Waals surface area contributed by atoms with Crippen molar-refractivity contribution in [2.75, 3.05) is 5.32 Å². The van der Waals surface area contributed by atoms with Gasteiger partial charge < -0.3 is 5.32 Å². The van der Waals surface area contributed by atoms with Crippen LogP contribution < -0.4 is 5.32 Å². The van der Waals surface area contributed by atoms with E-state index in [1.54, 1.807) is 4.68 Å². The number of anilines is 1. The minimum absolute atomic E-state index is 0.112. The molecule has 0 aliphatic carbocycles. The lowest BCUT2D eigenvalue weighted by atomic mass is 10.2. The molecule has 0 unspecified atom stereocenters. The monoisotopic (exact) mass is 493 g/mol. The minimum atomic E-state index is -0.112. The van der Waals surface area contributed by atoms with Gasteiger partial charge in [0.05, 0.1) is 38.3 Å². The third-order valence-electron chi connectivity index (χ3n) is 4.42. The van der Waals surface area contributed by atoms with E-state index >= 15 is 0 Å². The Morgan fingerprint density at radius 1 is 1.00 bits per heavy atom. The van der Waals surface area contributed by atoms with Gasteiger partial charge in [-0.3, -0.25) is 14.2 Å². The van der Waals surface area contributed by atoms with Crippen molar-refractivity contribution in [3.8, 4) is 0 Å². The molecule has 2 heterocycles. The van der Waals surface area contributed by atoms with Gasteiger partial charge in [0, 0.05) is 5.69 Å². The van der Waals surface area contributed by atoms with E-state index < -0.39 is 0 Å². The van der Waals surface area contributed by atoms with Gasteiger partial charge in [0.1, 0.15) is 6.54 Å². The van der Waals surface area contributed by atoms with Gasteiger partial charge in [-0.1, -0.05) is 12.1 Å². The number of nitrogens with one attached hydrogen (secondary N) is 1. The first-order valence-corrected chi connectivity index (χ1v) is 10.1. The van der Waals surface area contributed by atoms with Gasteiger partial charge in [-0.15, -0.1) is 0 Å². The van der Waals surface area contributed by atoms with E-state index in [0.717, 1.165) is 43.0 Å². The Labute approximate surface area is 175 Å². The summed E-state index contributed by atoms with van der Waals surface area (Å²) in [5.74, 6) is -0.112. The Hall–Kier alpha value is -1.93. The fraction of sp³-hybridized carbons (Fsp3) is 0.316. The Kier molecular flexibility index (Phi) is 5.86. The molecule has 6 nitrogen and oxygen atoms in total. The number of benzene rings is 1. The van der Waals surface area contributed by atoms with Crippen LogP contribution >= 0.6 is 31.9 Å². The topological polar surface area (TPSA) is 64.7 Å². The number of aryl methyl sites for hydroxylation is 2. The molecule has 0 saturated carbocycles. The molecule has 0 atom stereocenters. The Balaban J connectivity index is 1.70. The summed E-state index contributed by atoms with van der Waals surface area (Å²) >= 11 is 7.04.